The number of halogens is 1. The Morgan fingerprint density at radius 2 is 1.81 bits per heavy atom. The number of nitrogens with one attached hydrogen (secondary N) is 3. The van der Waals surface area contributed by atoms with E-state index in [1.54, 1.807) is 36.3 Å². The van der Waals surface area contributed by atoms with Crippen LogP contribution in [0.4, 0.5) is 0 Å². The largest absolute Gasteiger partial charge is 0.356 e. The molecule has 0 radical (unpaired) electrons. The molecule has 0 spiro atoms. The highest BCUT2D eigenvalue weighted by Crippen LogP contribution is 2.16. The van der Waals surface area contributed by atoms with Crippen molar-refractivity contribution in [3.63, 3.8) is 0 Å². The van der Waals surface area contributed by atoms with E-state index in [0.29, 0.717) is 23.3 Å². The molecule has 3 N–H and O–H groups in total. The summed E-state index contributed by atoms with van der Waals surface area (Å²) in [6.07, 6.45) is 0. The summed E-state index contributed by atoms with van der Waals surface area (Å²) in [6, 6.07) is 13.5. The minimum atomic E-state index is -3.41. The van der Waals surface area contributed by atoms with E-state index in [2.05, 4.69) is 32.5 Å². The van der Waals surface area contributed by atoms with Gasteiger partial charge in [-0.25, -0.2) is 13.1 Å². The van der Waals surface area contributed by atoms with Gasteiger partial charge in [0.15, 0.2) is 5.96 Å². The van der Waals surface area contributed by atoms with Crippen LogP contribution in [-0.4, -0.2) is 46.8 Å². The molecule has 0 fully saturated rings. The molecule has 0 unspecified atom stereocenters. The van der Waals surface area contributed by atoms with Crippen LogP contribution in [0.1, 0.15) is 0 Å². The number of nitrogens with zero attached hydrogens (tertiary/aromatic N) is 1. The van der Waals surface area contributed by atoms with Gasteiger partial charge in [-0.05, 0) is 23.6 Å². The first-order valence-corrected chi connectivity index (χ1v) is 11.1. The Kier molecular flexibility index (Phi) is 11.2. The number of thiophene rings is 1. The lowest BCUT2D eigenvalue weighted by Crippen LogP contribution is -2.42. The van der Waals surface area contributed by atoms with Crippen LogP contribution in [0.2, 0.25) is 0 Å². The van der Waals surface area contributed by atoms with Crippen molar-refractivity contribution in [2.24, 2.45) is 4.99 Å². The number of thioether (sulfide) groups is 1. The van der Waals surface area contributed by atoms with Crippen LogP contribution < -0.4 is 15.4 Å². The van der Waals surface area contributed by atoms with Gasteiger partial charge in [-0.2, -0.15) is 0 Å². The highest BCUT2D eigenvalue weighted by atomic mass is 127. The van der Waals surface area contributed by atoms with Crippen LogP contribution in [0.25, 0.3) is 0 Å². The maximum absolute atomic E-state index is 12.0. The van der Waals surface area contributed by atoms with Gasteiger partial charge in [0, 0.05) is 37.3 Å². The van der Waals surface area contributed by atoms with Gasteiger partial charge in [0.05, 0.1) is 0 Å². The smallest absolute Gasteiger partial charge is 0.250 e. The van der Waals surface area contributed by atoms with Gasteiger partial charge < -0.3 is 10.6 Å². The van der Waals surface area contributed by atoms with E-state index in [9.17, 15) is 8.42 Å². The Morgan fingerprint density at radius 3 is 2.46 bits per heavy atom. The Labute approximate surface area is 180 Å². The summed E-state index contributed by atoms with van der Waals surface area (Å²) in [7, 11) is -1.72. The number of rotatable bonds is 9. The predicted molar refractivity (Wildman–Crippen MR) is 121 cm³/mol. The number of hydrogen-bond donors (Lipinski definition) is 3. The highest BCUT2D eigenvalue weighted by Gasteiger charge is 2.13. The molecule has 26 heavy (non-hydrogen) atoms. The first-order valence-electron chi connectivity index (χ1n) is 7.77. The SMILES string of the molecule is CN=C(NCCNS(=O)(=O)c1cccs1)NCCSc1ccccc1.I. The van der Waals surface area contributed by atoms with E-state index in [-0.39, 0.29) is 24.0 Å². The molecule has 1 heterocycles. The third-order valence-electron chi connectivity index (χ3n) is 3.10. The average molecular weight is 526 g/mol. The van der Waals surface area contributed by atoms with Crippen LogP contribution in [0.15, 0.2) is 61.9 Å². The Balaban J connectivity index is 0.00000338. The standard InChI is InChI=1S/C16H22N4O2S3.HI/c1-17-16(19-11-13-23-14-6-3-2-4-7-14)18-9-10-20-25(21,22)15-8-5-12-24-15;/h2-8,12,20H,9-11,13H2,1H3,(H2,17,18,19);1H. The molecule has 10 heteroatoms. The van der Waals surface area contributed by atoms with Gasteiger partial charge in [0.1, 0.15) is 4.21 Å². The van der Waals surface area contributed by atoms with Crippen molar-refractivity contribution >= 4 is 63.1 Å². The highest BCUT2D eigenvalue weighted by molar-refractivity contribution is 14.0. The topological polar surface area (TPSA) is 82.6 Å². The summed E-state index contributed by atoms with van der Waals surface area (Å²) in [4.78, 5) is 5.36. The van der Waals surface area contributed by atoms with E-state index in [1.807, 2.05) is 18.2 Å². The zero-order valence-corrected chi connectivity index (χ0v) is 19.1. The number of benzene rings is 1. The van der Waals surface area contributed by atoms with Crippen LogP contribution in [0, 0.1) is 0 Å². The van der Waals surface area contributed by atoms with Crippen LogP contribution in [0.5, 0.6) is 0 Å². The van der Waals surface area contributed by atoms with Crippen molar-refractivity contribution in [1.82, 2.24) is 15.4 Å². The molecule has 144 valence electrons. The molecule has 1 aromatic carbocycles. The van der Waals surface area contributed by atoms with Gasteiger partial charge in [0.25, 0.3) is 0 Å². The molecule has 1 aromatic heterocycles. The summed E-state index contributed by atoms with van der Waals surface area (Å²) < 4.78 is 26.8. The Hall–Kier alpha value is -0.820. The van der Waals surface area contributed by atoms with E-state index >= 15 is 0 Å². The summed E-state index contributed by atoms with van der Waals surface area (Å²) in [5.74, 6) is 1.57. The molecule has 0 aliphatic heterocycles. The fourth-order valence-corrected chi connectivity index (χ4v) is 4.79. The molecular weight excluding hydrogens is 503 g/mol. The summed E-state index contributed by atoms with van der Waals surface area (Å²) in [5, 5.41) is 8.04. The van der Waals surface area contributed by atoms with Crippen molar-refractivity contribution in [1.29, 1.82) is 0 Å². The predicted octanol–water partition coefficient (Wildman–Crippen LogP) is 2.60. The van der Waals surface area contributed by atoms with E-state index in [4.69, 9.17) is 0 Å². The van der Waals surface area contributed by atoms with E-state index < -0.39 is 10.0 Å². The van der Waals surface area contributed by atoms with Crippen molar-refractivity contribution < 1.29 is 8.42 Å². The first kappa shape index (κ1) is 23.2. The lowest BCUT2D eigenvalue weighted by molar-refractivity contribution is 0.582. The summed E-state index contributed by atoms with van der Waals surface area (Å²) >= 11 is 2.97. The molecule has 0 aliphatic carbocycles. The van der Waals surface area contributed by atoms with E-state index in [0.717, 1.165) is 12.3 Å². The van der Waals surface area contributed by atoms with Crippen molar-refractivity contribution in [3.05, 3.63) is 47.8 Å². The summed E-state index contributed by atoms with van der Waals surface area (Å²) in [5.41, 5.74) is 0. The molecule has 0 saturated heterocycles. The van der Waals surface area contributed by atoms with Gasteiger partial charge in [-0.1, -0.05) is 24.3 Å². The van der Waals surface area contributed by atoms with Gasteiger partial charge >= 0.3 is 0 Å². The molecule has 0 aliphatic rings. The fraction of sp³-hybridized carbons (Fsp3) is 0.312. The Morgan fingerprint density at radius 1 is 1.08 bits per heavy atom. The average Bonchev–Trinajstić information content (AvgIpc) is 3.17. The minimum Gasteiger partial charge on any atom is -0.356 e. The van der Waals surface area contributed by atoms with Crippen LogP contribution >= 0.6 is 47.1 Å². The maximum atomic E-state index is 12.0. The zero-order chi connectivity index (χ0) is 18.0. The molecule has 0 bridgehead atoms. The van der Waals surface area contributed by atoms with Crippen LogP contribution in [0.3, 0.4) is 0 Å². The number of sulfonamides is 1. The fourth-order valence-electron chi connectivity index (χ4n) is 1.93. The summed E-state index contributed by atoms with van der Waals surface area (Å²) in [6.45, 7) is 1.51. The molecule has 2 rings (SSSR count). The molecule has 0 atom stereocenters. The lowest BCUT2D eigenvalue weighted by atomic mass is 10.4. The normalized spacial score (nSPS) is 11.7. The molecule has 0 amide bonds. The quantitative estimate of drug-likeness (QED) is 0.154. The Bertz CT molecular complexity index is 753. The minimum absolute atomic E-state index is 0. The molecule has 0 saturated carbocycles. The second kappa shape index (κ2) is 12.5. The molecule has 2 aromatic rings. The lowest BCUT2D eigenvalue weighted by Gasteiger charge is -2.12. The van der Waals surface area contributed by atoms with Gasteiger partial charge in [0.2, 0.25) is 10.0 Å². The molecular formula is C16H23IN4O2S3. The van der Waals surface area contributed by atoms with Gasteiger partial charge in [-0.3, -0.25) is 4.99 Å². The van der Waals surface area contributed by atoms with Crippen molar-refractivity contribution in [2.75, 3.05) is 32.4 Å². The second-order valence-corrected chi connectivity index (χ2v) is 9.03. The van der Waals surface area contributed by atoms with Crippen molar-refractivity contribution in [3.8, 4) is 0 Å². The third kappa shape index (κ3) is 8.25. The van der Waals surface area contributed by atoms with E-state index in [1.165, 1.54) is 16.2 Å². The molecule has 6 nitrogen and oxygen atoms in total. The monoisotopic (exact) mass is 526 g/mol. The number of hydrogen-bond acceptors (Lipinski definition) is 5. The van der Waals surface area contributed by atoms with Crippen molar-refractivity contribution in [2.45, 2.75) is 9.10 Å². The zero-order valence-electron chi connectivity index (χ0n) is 14.3. The van der Waals surface area contributed by atoms with Crippen LogP contribution in [-0.2, 0) is 10.0 Å². The van der Waals surface area contributed by atoms with Gasteiger partial charge in [-0.15, -0.1) is 47.1 Å². The second-order valence-electron chi connectivity index (χ2n) is 4.92. The third-order valence-corrected chi connectivity index (χ3v) is 6.97. The maximum Gasteiger partial charge on any atom is 0.250 e. The number of aliphatic imine (C=N–C) groups is 1. The number of guanidine groups is 1. The first-order chi connectivity index (χ1) is 12.1.